The van der Waals surface area contributed by atoms with Crippen LogP contribution in [0.25, 0.3) is 6.08 Å². The standard InChI is InChI=1S/C31H33N3O4/c1-4-14-34-22(18-32)17-30-27-21-9-10-24(35)28(27)38-29(30)23(12-13-31(30,37)25(34)16-21)33(3)26(36)11-8-20-7-5-6-19(2)15-20/h4-11,15,22-23,25,29,35,37H,1,12-14,16-17H2,2-3H3/b11-8+/t22?,23?,25-,29?,30+,31-/m1/s1. The van der Waals surface area contributed by atoms with Crippen LogP contribution in [-0.4, -0.2) is 69.3 Å². The Bertz CT molecular complexity index is 1400. The molecule has 3 unspecified atom stereocenters. The van der Waals surface area contributed by atoms with Crippen LogP contribution in [0.4, 0.5) is 0 Å². The molecule has 4 aliphatic rings. The second-order valence-corrected chi connectivity index (χ2v) is 11.2. The SMILES string of the molecule is C=CCN1C(C#N)C[C@]23c4c5ccc(O)c4OC2C(N(C)C(=O)/C=C/c2cccc(C)c2)CC[C@@]3(O)[C@H]1C5. The van der Waals surface area contributed by atoms with E-state index in [2.05, 4.69) is 17.5 Å². The Morgan fingerprint density at radius 3 is 2.92 bits per heavy atom. The lowest BCUT2D eigenvalue weighted by Gasteiger charge is -2.65. The number of phenols is 1. The molecule has 2 bridgehead atoms. The van der Waals surface area contributed by atoms with Crippen molar-refractivity contribution in [1.82, 2.24) is 9.80 Å². The minimum Gasteiger partial charge on any atom is -0.504 e. The molecule has 2 fully saturated rings. The summed E-state index contributed by atoms with van der Waals surface area (Å²) in [7, 11) is 1.77. The van der Waals surface area contributed by atoms with Crippen molar-refractivity contribution in [3.8, 4) is 17.6 Å². The van der Waals surface area contributed by atoms with Gasteiger partial charge in [-0.3, -0.25) is 9.69 Å². The number of aryl methyl sites for hydroxylation is 1. The number of ether oxygens (including phenoxy) is 1. The monoisotopic (exact) mass is 511 g/mol. The van der Waals surface area contributed by atoms with Crippen molar-refractivity contribution in [3.63, 3.8) is 0 Å². The number of rotatable bonds is 5. The first-order chi connectivity index (χ1) is 18.2. The first-order valence-corrected chi connectivity index (χ1v) is 13.3. The maximum atomic E-state index is 13.4. The van der Waals surface area contributed by atoms with Crippen molar-refractivity contribution >= 4 is 12.0 Å². The zero-order valence-corrected chi connectivity index (χ0v) is 21.8. The highest BCUT2D eigenvalue weighted by molar-refractivity contribution is 5.92. The summed E-state index contributed by atoms with van der Waals surface area (Å²) in [5.74, 6) is 0.263. The van der Waals surface area contributed by atoms with Gasteiger partial charge in [0.05, 0.1) is 29.2 Å². The molecule has 2 aromatic rings. The maximum absolute atomic E-state index is 13.4. The summed E-state index contributed by atoms with van der Waals surface area (Å²) in [4.78, 5) is 17.2. The van der Waals surface area contributed by atoms with Crippen LogP contribution in [0.1, 0.15) is 41.5 Å². The van der Waals surface area contributed by atoms with Gasteiger partial charge in [0.25, 0.3) is 0 Å². The molecule has 2 N–H and O–H groups in total. The van der Waals surface area contributed by atoms with Crippen LogP contribution in [0, 0.1) is 18.3 Å². The number of hydrogen-bond acceptors (Lipinski definition) is 6. The second kappa shape index (κ2) is 8.72. The van der Waals surface area contributed by atoms with Gasteiger partial charge in [-0.2, -0.15) is 5.26 Å². The summed E-state index contributed by atoms with van der Waals surface area (Å²) in [6.45, 7) is 6.40. The average Bonchev–Trinajstić information content (AvgIpc) is 3.25. The Morgan fingerprint density at radius 2 is 2.18 bits per heavy atom. The van der Waals surface area contributed by atoms with Crippen LogP contribution >= 0.6 is 0 Å². The van der Waals surface area contributed by atoms with Crippen LogP contribution in [0.5, 0.6) is 11.5 Å². The quantitative estimate of drug-likeness (QED) is 0.471. The third kappa shape index (κ3) is 3.23. The molecule has 1 spiro atoms. The van der Waals surface area contributed by atoms with Crippen LogP contribution in [0.2, 0.25) is 0 Å². The van der Waals surface area contributed by atoms with Gasteiger partial charge in [-0.05, 0) is 55.9 Å². The van der Waals surface area contributed by atoms with Crippen molar-refractivity contribution in [2.45, 2.75) is 67.9 Å². The molecule has 6 rings (SSSR count). The average molecular weight is 512 g/mol. The maximum Gasteiger partial charge on any atom is 0.246 e. The topological polar surface area (TPSA) is 97.0 Å². The first-order valence-electron chi connectivity index (χ1n) is 13.3. The molecular formula is C31H33N3O4. The van der Waals surface area contributed by atoms with Crippen molar-refractivity contribution in [2.24, 2.45) is 0 Å². The third-order valence-corrected chi connectivity index (χ3v) is 9.42. The van der Waals surface area contributed by atoms with E-state index >= 15 is 0 Å². The molecule has 0 radical (unpaired) electrons. The van der Waals surface area contributed by atoms with Gasteiger partial charge in [0.1, 0.15) is 6.10 Å². The molecule has 6 atom stereocenters. The minimum absolute atomic E-state index is 0.0300. The largest absolute Gasteiger partial charge is 0.504 e. The number of carbonyl (C=O) groups excluding carboxylic acids is 1. The van der Waals surface area contributed by atoms with E-state index in [0.717, 1.165) is 22.3 Å². The van der Waals surface area contributed by atoms with Gasteiger partial charge in [-0.15, -0.1) is 6.58 Å². The van der Waals surface area contributed by atoms with E-state index < -0.39 is 23.2 Å². The van der Waals surface area contributed by atoms with E-state index in [0.29, 0.717) is 38.0 Å². The fourth-order valence-corrected chi connectivity index (χ4v) is 7.78. The lowest BCUT2D eigenvalue weighted by molar-refractivity contribution is -0.205. The van der Waals surface area contributed by atoms with Crippen molar-refractivity contribution < 1.29 is 19.7 Å². The highest BCUT2D eigenvalue weighted by Crippen LogP contribution is 2.66. The van der Waals surface area contributed by atoms with Crippen LogP contribution in [0.15, 0.2) is 55.1 Å². The Hall–Kier alpha value is -3.60. The van der Waals surface area contributed by atoms with Gasteiger partial charge in [-0.25, -0.2) is 0 Å². The van der Waals surface area contributed by atoms with E-state index in [1.807, 2.05) is 43.3 Å². The third-order valence-electron chi connectivity index (χ3n) is 9.42. The molecule has 38 heavy (non-hydrogen) atoms. The number of phenolic OH excluding ortho intramolecular Hbond substituents is 1. The number of aliphatic hydroxyl groups is 1. The van der Waals surface area contributed by atoms with Crippen molar-refractivity contribution in [1.29, 1.82) is 5.26 Å². The number of carbonyl (C=O) groups is 1. The summed E-state index contributed by atoms with van der Waals surface area (Å²) in [6.07, 6.45) is 6.50. The summed E-state index contributed by atoms with van der Waals surface area (Å²) in [6, 6.07) is 12.9. The molecular weight excluding hydrogens is 478 g/mol. The number of nitrogens with zero attached hydrogens (tertiary/aromatic N) is 3. The van der Waals surface area contributed by atoms with Gasteiger partial charge < -0.3 is 19.8 Å². The Balaban J connectivity index is 1.42. The predicted octanol–water partition coefficient (Wildman–Crippen LogP) is 3.47. The molecule has 7 nitrogen and oxygen atoms in total. The fourth-order valence-electron chi connectivity index (χ4n) is 7.78. The Labute approximate surface area is 223 Å². The van der Waals surface area contributed by atoms with Gasteiger partial charge in [0.2, 0.25) is 5.91 Å². The molecule has 1 saturated carbocycles. The number of amides is 1. The van der Waals surface area contributed by atoms with E-state index in [1.165, 1.54) is 0 Å². The predicted molar refractivity (Wildman–Crippen MR) is 144 cm³/mol. The lowest BCUT2D eigenvalue weighted by Crippen LogP contribution is -2.79. The zero-order valence-electron chi connectivity index (χ0n) is 21.8. The number of piperidine rings is 1. The van der Waals surface area contributed by atoms with E-state index in [1.54, 1.807) is 30.2 Å². The van der Waals surface area contributed by atoms with Crippen molar-refractivity contribution in [2.75, 3.05) is 13.6 Å². The number of likely N-dealkylation sites (N-methyl/N-ethyl adjacent to an activating group) is 1. The summed E-state index contributed by atoms with van der Waals surface area (Å²) < 4.78 is 6.55. The van der Waals surface area contributed by atoms with E-state index in [4.69, 9.17) is 4.74 Å². The number of likely N-dealkylation sites (tertiary alicyclic amines) is 1. The summed E-state index contributed by atoms with van der Waals surface area (Å²) >= 11 is 0. The van der Waals surface area contributed by atoms with E-state index in [9.17, 15) is 20.3 Å². The molecule has 2 aliphatic heterocycles. The molecule has 196 valence electrons. The number of benzene rings is 2. The van der Waals surface area contributed by atoms with Crippen LogP contribution in [0.3, 0.4) is 0 Å². The number of hydrogen-bond donors (Lipinski definition) is 2. The van der Waals surface area contributed by atoms with Gasteiger partial charge >= 0.3 is 0 Å². The summed E-state index contributed by atoms with van der Waals surface area (Å²) in [5, 5.41) is 33.6. The highest BCUT2D eigenvalue weighted by atomic mass is 16.5. The normalized spacial score (nSPS) is 32.8. The van der Waals surface area contributed by atoms with Gasteiger partial charge in [-0.1, -0.05) is 42.0 Å². The molecule has 2 heterocycles. The fraction of sp³-hybridized carbons (Fsp3) is 0.419. The van der Waals surface area contributed by atoms with E-state index in [-0.39, 0.29) is 23.7 Å². The molecule has 1 saturated heterocycles. The number of nitriles is 1. The van der Waals surface area contributed by atoms with Gasteiger partial charge in [0.15, 0.2) is 11.5 Å². The highest BCUT2D eigenvalue weighted by Gasteiger charge is 2.74. The summed E-state index contributed by atoms with van der Waals surface area (Å²) in [5.41, 5.74) is 1.83. The molecule has 7 heteroatoms. The zero-order chi connectivity index (χ0) is 26.8. The van der Waals surface area contributed by atoms with Crippen molar-refractivity contribution in [3.05, 3.63) is 77.4 Å². The smallest absolute Gasteiger partial charge is 0.246 e. The second-order valence-electron chi connectivity index (χ2n) is 11.2. The van der Waals surface area contributed by atoms with Crippen LogP contribution < -0.4 is 4.74 Å². The molecule has 1 amide bonds. The molecule has 0 aromatic heterocycles. The first kappa shape index (κ1) is 24.7. The Morgan fingerprint density at radius 1 is 1.37 bits per heavy atom. The molecule has 2 aromatic carbocycles. The lowest BCUT2D eigenvalue weighted by atomic mass is 9.47. The molecule has 2 aliphatic carbocycles. The Kier molecular flexibility index (Phi) is 5.67. The minimum atomic E-state index is -1.17. The number of aromatic hydroxyl groups is 1. The van der Waals surface area contributed by atoms with Crippen LogP contribution in [-0.2, 0) is 16.6 Å². The van der Waals surface area contributed by atoms with Gasteiger partial charge in [0, 0.05) is 31.3 Å².